The maximum atomic E-state index is 6.61. The lowest BCUT2D eigenvalue weighted by Crippen LogP contribution is -1.96. The number of anilines is 3. The molecule has 57 heavy (non-hydrogen) atoms. The van der Waals surface area contributed by atoms with E-state index in [-0.39, 0.29) is 0 Å². The van der Waals surface area contributed by atoms with E-state index in [1.165, 1.54) is 38.5 Å². The molecule has 9 aromatic carbocycles. The molecular formula is C54H39N3. The molecule has 0 unspecified atom stereocenters. The maximum absolute atomic E-state index is 6.61. The zero-order valence-corrected chi connectivity index (χ0v) is 31.3. The van der Waals surface area contributed by atoms with Crippen LogP contribution >= 0.6 is 0 Å². The van der Waals surface area contributed by atoms with Crippen LogP contribution in [0.25, 0.3) is 83.1 Å². The lowest BCUT2D eigenvalue weighted by Gasteiger charge is -2.17. The van der Waals surface area contributed by atoms with Gasteiger partial charge in [0.05, 0.1) is 11.0 Å². The molecule has 0 atom stereocenters. The Morgan fingerprint density at radius 2 is 0.860 bits per heavy atom. The van der Waals surface area contributed by atoms with Crippen molar-refractivity contribution in [3.8, 4) is 61.3 Å². The van der Waals surface area contributed by atoms with Gasteiger partial charge in [-0.2, -0.15) is 0 Å². The van der Waals surface area contributed by atoms with Gasteiger partial charge in [0.2, 0.25) is 0 Å². The fourth-order valence-electron chi connectivity index (χ4n) is 8.09. The van der Waals surface area contributed by atoms with Crippen LogP contribution in [0.3, 0.4) is 0 Å². The average molecular weight is 730 g/mol. The molecule has 270 valence electrons. The van der Waals surface area contributed by atoms with E-state index in [1.54, 1.807) is 0 Å². The van der Waals surface area contributed by atoms with Crippen LogP contribution in [0.1, 0.15) is 0 Å². The van der Waals surface area contributed by atoms with Crippen molar-refractivity contribution in [1.82, 2.24) is 4.57 Å². The highest BCUT2D eigenvalue weighted by molar-refractivity contribution is 6.10. The van der Waals surface area contributed by atoms with E-state index in [4.69, 9.17) is 5.73 Å². The van der Waals surface area contributed by atoms with Gasteiger partial charge in [-0.15, -0.1) is 0 Å². The molecular weight excluding hydrogens is 691 g/mol. The van der Waals surface area contributed by atoms with Gasteiger partial charge < -0.3 is 15.6 Å². The van der Waals surface area contributed by atoms with Gasteiger partial charge in [-0.3, -0.25) is 0 Å². The Labute approximate surface area is 333 Å². The Hall–Kier alpha value is -7.62. The van der Waals surface area contributed by atoms with Crippen LogP contribution in [0.5, 0.6) is 0 Å². The molecule has 3 heteroatoms. The molecule has 3 N–H and O–H groups in total. The molecule has 1 heterocycles. The SMILES string of the molecule is Nc1ccc(-c2cc(-c3ccc4c(c3)c3ccccc3n4-c3ccc(-c4ccccc4)cc3)ccc2Nc2cccc(-c3ccccc3)c2)cc1-c1ccccc1. The standard InChI is InChI=1S/C54H39N3/c55-51-30-25-44(36-48(51)40-17-8-3-9-18-40)49-34-42(26-31-52(49)56-45-20-12-19-41(33-45)38-15-6-2-7-16-38)43-27-32-54-50(35-43)47-21-10-11-22-53(47)57(54)46-28-23-39(24-29-46)37-13-4-1-5-14-37/h1-36,56H,55H2. The summed E-state index contributed by atoms with van der Waals surface area (Å²) in [6, 6.07) is 77.6. The summed E-state index contributed by atoms with van der Waals surface area (Å²) < 4.78 is 2.38. The van der Waals surface area contributed by atoms with E-state index in [9.17, 15) is 0 Å². The zero-order chi connectivity index (χ0) is 38.1. The van der Waals surface area contributed by atoms with Crippen molar-refractivity contribution < 1.29 is 0 Å². The summed E-state index contributed by atoms with van der Waals surface area (Å²) in [4.78, 5) is 0. The third-order valence-corrected chi connectivity index (χ3v) is 11.0. The Morgan fingerprint density at radius 1 is 0.333 bits per heavy atom. The number of rotatable bonds is 8. The van der Waals surface area contributed by atoms with Gasteiger partial charge in [-0.25, -0.2) is 0 Å². The van der Waals surface area contributed by atoms with Gasteiger partial charge in [0.25, 0.3) is 0 Å². The van der Waals surface area contributed by atoms with Crippen LogP contribution in [0.15, 0.2) is 218 Å². The minimum Gasteiger partial charge on any atom is -0.398 e. The van der Waals surface area contributed by atoms with Crippen molar-refractivity contribution in [1.29, 1.82) is 0 Å². The van der Waals surface area contributed by atoms with Crippen LogP contribution in [-0.4, -0.2) is 4.57 Å². The van der Waals surface area contributed by atoms with Crippen LogP contribution in [-0.2, 0) is 0 Å². The van der Waals surface area contributed by atoms with Crippen molar-refractivity contribution in [2.45, 2.75) is 0 Å². The molecule has 0 saturated heterocycles. The van der Waals surface area contributed by atoms with Crippen molar-refractivity contribution >= 4 is 38.9 Å². The summed E-state index contributed by atoms with van der Waals surface area (Å²) in [5.41, 5.74) is 24.3. The number of benzene rings is 9. The van der Waals surface area contributed by atoms with Crippen LogP contribution in [0.2, 0.25) is 0 Å². The fraction of sp³-hybridized carbons (Fsp3) is 0. The second-order valence-corrected chi connectivity index (χ2v) is 14.5. The smallest absolute Gasteiger partial charge is 0.0541 e. The quantitative estimate of drug-likeness (QED) is 0.153. The summed E-state index contributed by atoms with van der Waals surface area (Å²) in [5, 5.41) is 6.23. The first kappa shape index (κ1) is 33.9. The van der Waals surface area contributed by atoms with Crippen molar-refractivity contribution in [2.24, 2.45) is 0 Å². The topological polar surface area (TPSA) is 43.0 Å². The molecule has 0 saturated carbocycles. The van der Waals surface area contributed by atoms with E-state index < -0.39 is 0 Å². The molecule has 0 aliphatic rings. The van der Waals surface area contributed by atoms with E-state index in [1.807, 2.05) is 12.1 Å². The molecule has 0 fully saturated rings. The summed E-state index contributed by atoms with van der Waals surface area (Å²) >= 11 is 0. The van der Waals surface area contributed by atoms with Gasteiger partial charge in [0.1, 0.15) is 0 Å². The van der Waals surface area contributed by atoms with Gasteiger partial charge in [0.15, 0.2) is 0 Å². The summed E-state index contributed by atoms with van der Waals surface area (Å²) in [6.45, 7) is 0. The molecule has 3 nitrogen and oxygen atoms in total. The Morgan fingerprint density at radius 3 is 1.61 bits per heavy atom. The number of nitrogens with zero attached hydrogens (tertiary/aromatic N) is 1. The van der Waals surface area contributed by atoms with Crippen LogP contribution < -0.4 is 11.1 Å². The van der Waals surface area contributed by atoms with Gasteiger partial charge in [-0.05, 0) is 111 Å². The number of nitrogens with two attached hydrogens (primary N) is 1. The van der Waals surface area contributed by atoms with Gasteiger partial charge >= 0.3 is 0 Å². The normalized spacial score (nSPS) is 11.2. The predicted octanol–water partition coefficient (Wildman–Crippen LogP) is 14.4. The number of para-hydroxylation sites is 1. The first-order valence-corrected chi connectivity index (χ1v) is 19.4. The number of hydrogen-bond acceptors (Lipinski definition) is 2. The predicted molar refractivity (Wildman–Crippen MR) is 242 cm³/mol. The van der Waals surface area contributed by atoms with Gasteiger partial charge in [-0.1, -0.05) is 152 Å². The zero-order valence-electron chi connectivity index (χ0n) is 31.3. The Kier molecular flexibility index (Phi) is 8.66. The first-order chi connectivity index (χ1) is 28.2. The Bertz CT molecular complexity index is 3020. The first-order valence-electron chi connectivity index (χ1n) is 19.4. The minimum absolute atomic E-state index is 0.753. The molecule has 10 rings (SSSR count). The maximum Gasteiger partial charge on any atom is 0.0541 e. The molecule has 0 aliphatic heterocycles. The van der Waals surface area contributed by atoms with Crippen molar-refractivity contribution in [2.75, 3.05) is 11.1 Å². The molecule has 0 bridgehead atoms. The number of nitrogen functional groups attached to an aromatic ring is 1. The van der Waals surface area contributed by atoms with E-state index >= 15 is 0 Å². The third-order valence-electron chi connectivity index (χ3n) is 11.0. The minimum atomic E-state index is 0.753. The van der Waals surface area contributed by atoms with Crippen LogP contribution in [0.4, 0.5) is 17.1 Å². The summed E-state index contributed by atoms with van der Waals surface area (Å²) in [7, 11) is 0. The summed E-state index contributed by atoms with van der Waals surface area (Å²) in [6.07, 6.45) is 0. The van der Waals surface area contributed by atoms with Crippen molar-refractivity contribution in [3.05, 3.63) is 218 Å². The van der Waals surface area contributed by atoms with Gasteiger partial charge in [0, 0.05) is 44.6 Å². The van der Waals surface area contributed by atoms with E-state index in [0.29, 0.717) is 0 Å². The number of hydrogen-bond donors (Lipinski definition) is 2. The highest BCUT2D eigenvalue weighted by Crippen LogP contribution is 2.40. The second-order valence-electron chi connectivity index (χ2n) is 14.5. The van der Waals surface area contributed by atoms with Crippen molar-refractivity contribution in [3.63, 3.8) is 0 Å². The Balaban J connectivity index is 1.09. The molecule has 1 aromatic heterocycles. The average Bonchev–Trinajstić information content (AvgIpc) is 3.61. The highest BCUT2D eigenvalue weighted by Gasteiger charge is 2.16. The van der Waals surface area contributed by atoms with E-state index in [0.717, 1.165) is 61.7 Å². The number of fused-ring (bicyclic) bond motifs is 3. The molecule has 0 radical (unpaired) electrons. The molecule has 0 amide bonds. The van der Waals surface area contributed by atoms with E-state index in [2.05, 4.69) is 216 Å². The lowest BCUT2D eigenvalue weighted by atomic mass is 9.93. The summed E-state index contributed by atoms with van der Waals surface area (Å²) in [5.74, 6) is 0. The largest absolute Gasteiger partial charge is 0.398 e. The monoisotopic (exact) mass is 729 g/mol. The molecule has 0 aliphatic carbocycles. The number of aromatic nitrogens is 1. The molecule has 10 aromatic rings. The lowest BCUT2D eigenvalue weighted by molar-refractivity contribution is 1.18. The third kappa shape index (κ3) is 6.52. The highest BCUT2D eigenvalue weighted by atomic mass is 15.0. The number of nitrogens with one attached hydrogen (secondary N) is 1. The van der Waals surface area contributed by atoms with Crippen LogP contribution in [0, 0.1) is 0 Å². The molecule has 0 spiro atoms. The fourth-order valence-corrected chi connectivity index (χ4v) is 8.09. The second kappa shape index (κ2) is 14.6.